The zero-order valence-corrected chi connectivity index (χ0v) is 19.3. The van der Waals surface area contributed by atoms with Gasteiger partial charge in [-0.25, -0.2) is 4.98 Å². The van der Waals surface area contributed by atoms with Gasteiger partial charge in [0.1, 0.15) is 5.82 Å². The second-order valence-electron chi connectivity index (χ2n) is 9.55. The number of piperidine rings is 1. The van der Waals surface area contributed by atoms with E-state index in [1.807, 2.05) is 35.2 Å². The number of amides is 2. The van der Waals surface area contributed by atoms with Crippen molar-refractivity contribution < 1.29 is 14.3 Å². The van der Waals surface area contributed by atoms with Gasteiger partial charge in [-0.1, -0.05) is 37.5 Å². The molecule has 3 fully saturated rings. The third-order valence-electron chi connectivity index (χ3n) is 7.37. The average molecular weight is 451 g/mol. The van der Waals surface area contributed by atoms with Crippen molar-refractivity contribution in [1.29, 1.82) is 0 Å². The number of ether oxygens (including phenoxy) is 1. The molecule has 7 heteroatoms. The van der Waals surface area contributed by atoms with E-state index in [1.165, 1.54) is 19.3 Å². The van der Waals surface area contributed by atoms with E-state index in [1.54, 1.807) is 0 Å². The van der Waals surface area contributed by atoms with Gasteiger partial charge in [-0.05, 0) is 37.8 Å². The quantitative estimate of drug-likeness (QED) is 0.773. The second kappa shape index (κ2) is 10.1. The van der Waals surface area contributed by atoms with Gasteiger partial charge in [-0.15, -0.1) is 0 Å². The minimum atomic E-state index is 0.0489. The second-order valence-corrected chi connectivity index (χ2v) is 9.55. The number of anilines is 1. The highest BCUT2D eigenvalue weighted by Crippen LogP contribution is 2.28. The van der Waals surface area contributed by atoms with Gasteiger partial charge in [0.15, 0.2) is 0 Å². The maximum atomic E-state index is 13.3. The lowest BCUT2D eigenvalue weighted by Gasteiger charge is -2.34. The molecule has 3 heterocycles. The fourth-order valence-corrected chi connectivity index (χ4v) is 5.37. The van der Waals surface area contributed by atoms with Crippen molar-refractivity contribution in [2.75, 3.05) is 44.3 Å². The SMILES string of the molecule is O=C(NC1CCN(c2cc(C(=O)N3CCOCC3)c3ccccc3n2)CC1)C1CCCCC1. The molecule has 1 saturated carbocycles. The number of nitrogens with zero attached hydrogens (tertiary/aromatic N) is 3. The number of pyridine rings is 1. The van der Waals surface area contributed by atoms with Gasteiger partial charge in [-0.3, -0.25) is 9.59 Å². The number of hydrogen-bond acceptors (Lipinski definition) is 5. The van der Waals surface area contributed by atoms with Gasteiger partial charge in [0.05, 0.1) is 24.3 Å². The number of aromatic nitrogens is 1. The van der Waals surface area contributed by atoms with Gasteiger partial charge in [-0.2, -0.15) is 0 Å². The highest BCUT2D eigenvalue weighted by atomic mass is 16.5. The Morgan fingerprint density at radius 1 is 0.939 bits per heavy atom. The Balaban J connectivity index is 1.29. The molecular weight excluding hydrogens is 416 g/mol. The molecule has 0 atom stereocenters. The molecule has 0 unspecified atom stereocenters. The van der Waals surface area contributed by atoms with Crippen LogP contribution in [-0.2, 0) is 9.53 Å². The number of carbonyl (C=O) groups is 2. The summed E-state index contributed by atoms with van der Waals surface area (Å²) in [5, 5.41) is 4.20. The van der Waals surface area contributed by atoms with Crippen LogP contribution in [0.2, 0.25) is 0 Å². The fourth-order valence-electron chi connectivity index (χ4n) is 5.37. The Hall–Kier alpha value is -2.67. The molecule has 33 heavy (non-hydrogen) atoms. The van der Waals surface area contributed by atoms with E-state index in [0.29, 0.717) is 31.9 Å². The molecule has 0 bridgehead atoms. The van der Waals surface area contributed by atoms with E-state index in [2.05, 4.69) is 10.2 Å². The van der Waals surface area contributed by atoms with E-state index in [0.717, 1.165) is 55.5 Å². The number of fused-ring (bicyclic) bond motifs is 1. The summed E-state index contributed by atoms with van der Waals surface area (Å²) in [7, 11) is 0. The molecule has 5 rings (SSSR count). The third-order valence-corrected chi connectivity index (χ3v) is 7.37. The number of carbonyl (C=O) groups excluding carboxylic acids is 2. The van der Waals surface area contributed by atoms with Crippen LogP contribution < -0.4 is 10.2 Å². The molecule has 2 aromatic rings. The van der Waals surface area contributed by atoms with Crippen LogP contribution in [-0.4, -0.2) is 67.1 Å². The van der Waals surface area contributed by atoms with Gasteiger partial charge in [0.2, 0.25) is 5.91 Å². The number of rotatable bonds is 4. The highest BCUT2D eigenvalue weighted by molar-refractivity contribution is 6.07. The van der Waals surface area contributed by atoms with Crippen LogP contribution in [0.1, 0.15) is 55.3 Å². The Morgan fingerprint density at radius 2 is 1.67 bits per heavy atom. The van der Waals surface area contributed by atoms with Crippen LogP contribution in [0.3, 0.4) is 0 Å². The molecule has 1 aliphatic carbocycles. The molecule has 7 nitrogen and oxygen atoms in total. The van der Waals surface area contributed by atoms with E-state index in [4.69, 9.17) is 9.72 Å². The monoisotopic (exact) mass is 450 g/mol. The topological polar surface area (TPSA) is 74.8 Å². The van der Waals surface area contributed by atoms with E-state index < -0.39 is 0 Å². The first-order valence-electron chi connectivity index (χ1n) is 12.5. The molecule has 176 valence electrons. The molecule has 1 N–H and O–H groups in total. The summed E-state index contributed by atoms with van der Waals surface area (Å²) in [6.07, 6.45) is 7.49. The van der Waals surface area contributed by atoms with Crippen LogP contribution in [0.5, 0.6) is 0 Å². The maximum absolute atomic E-state index is 13.3. The largest absolute Gasteiger partial charge is 0.378 e. The number of para-hydroxylation sites is 1. The molecule has 2 amide bonds. The predicted molar refractivity (Wildman–Crippen MR) is 128 cm³/mol. The number of hydrogen-bond donors (Lipinski definition) is 1. The molecular formula is C26H34N4O3. The lowest BCUT2D eigenvalue weighted by Crippen LogP contribution is -2.47. The van der Waals surface area contributed by atoms with Gasteiger partial charge < -0.3 is 19.9 Å². The predicted octanol–water partition coefficient (Wildman–Crippen LogP) is 3.37. The fraction of sp³-hybridized carbons (Fsp3) is 0.577. The van der Waals surface area contributed by atoms with Crippen LogP contribution in [0.15, 0.2) is 30.3 Å². The van der Waals surface area contributed by atoms with Crippen LogP contribution in [0, 0.1) is 5.92 Å². The summed E-state index contributed by atoms with van der Waals surface area (Å²) in [6.45, 7) is 4.06. The summed E-state index contributed by atoms with van der Waals surface area (Å²) < 4.78 is 5.42. The van der Waals surface area contributed by atoms with Crippen molar-refractivity contribution in [1.82, 2.24) is 15.2 Å². The maximum Gasteiger partial charge on any atom is 0.254 e. The van der Waals surface area contributed by atoms with Crippen molar-refractivity contribution in [3.05, 3.63) is 35.9 Å². The summed E-state index contributed by atoms with van der Waals surface area (Å²) >= 11 is 0. The van der Waals surface area contributed by atoms with Crippen LogP contribution in [0.25, 0.3) is 10.9 Å². The normalized spacial score (nSPS) is 20.7. The first-order chi connectivity index (χ1) is 16.2. The molecule has 2 aliphatic heterocycles. The zero-order valence-electron chi connectivity index (χ0n) is 19.3. The van der Waals surface area contributed by atoms with Gasteiger partial charge in [0, 0.05) is 43.5 Å². The number of nitrogens with one attached hydrogen (secondary N) is 1. The van der Waals surface area contributed by atoms with Crippen molar-refractivity contribution in [3.63, 3.8) is 0 Å². The molecule has 2 saturated heterocycles. The lowest BCUT2D eigenvalue weighted by molar-refractivity contribution is -0.126. The van der Waals surface area contributed by atoms with Gasteiger partial charge in [0.25, 0.3) is 5.91 Å². The van der Waals surface area contributed by atoms with Crippen molar-refractivity contribution in [3.8, 4) is 0 Å². The molecule has 1 aromatic heterocycles. The lowest BCUT2D eigenvalue weighted by atomic mass is 9.88. The highest BCUT2D eigenvalue weighted by Gasteiger charge is 2.27. The Labute approximate surface area is 195 Å². The summed E-state index contributed by atoms with van der Waals surface area (Å²) in [4.78, 5) is 35.0. The van der Waals surface area contributed by atoms with Crippen LogP contribution >= 0.6 is 0 Å². The number of benzene rings is 1. The van der Waals surface area contributed by atoms with Crippen molar-refractivity contribution >= 4 is 28.5 Å². The third kappa shape index (κ3) is 4.98. The zero-order chi connectivity index (χ0) is 22.6. The average Bonchev–Trinajstić information content (AvgIpc) is 2.89. The van der Waals surface area contributed by atoms with E-state index in [-0.39, 0.29) is 23.8 Å². The molecule has 0 spiro atoms. The first-order valence-corrected chi connectivity index (χ1v) is 12.5. The number of morpholine rings is 1. The van der Waals surface area contributed by atoms with Crippen molar-refractivity contribution in [2.24, 2.45) is 5.92 Å². The Bertz CT molecular complexity index is 990. The Kier molecular flexibility index (Phi) is 6.76. The molecule has 3 aliphatic rings. The minimum absolute atomic E-state index is 0.0489. The standard InChI is InChI=1S/C26H34N4O3/c31-25(19-6-2-1-3-7-19)27-20-10-12-29(13-11-20)24-18-22(21-8-4-5-9-23(21)28-24)26(32)30-14-16-33-17-15-30/h4-5,8-9,18-20H,1-3,6-7,10-17H2,(H,27,31). The summed E-state index contributed by atoms with van der Waals surface area (Å²) in [6, 6.07) is 10.1. The smallest absolute Gasteiger partial charge is 0.254 e. The summed E-state index contributed by atoms with van der Waals surface area (Å²) in [5.74, 6) is 1.35. The van der Waals surface area contributed by atoms with E-state index in [9.17, 15) is 9.59 Å². The summed E-state index contributed by atoms with van der Waals surface area (Å²) in [5.41, 5.74) is 1.56. The van der Waals surface area contributed by atoms with Gasteiger partial charge >= 0.3 is 0 Å². The Morgan fingerprint density at radius 3 is 2.42 bits per heavy atom. The van der Waals surface area contributed by atoms with E-state index >= 15 is 0 Å². The minimum Gasteiger partial charge on any atom is -0.378 e. The van der Waals surface area contributed by atoms with Crippen LogP contribution in [0.4, 0.5) is 5.82 Å². The van der Waals surface area contributed by atoms with Crippen molar-refractivity contribution in [2.45, 2.75) is 51.0 Å². The first kappa shape index (κ1) is 22.1. The molecule has 1 aromatic carbocycles. The molecule has 0 radical (unpaired) electrons.